The molecule has 3 aromatic rings. The molecule has 2 aromatic heterocycles. The van der Waals surface area contributed by atoms with Crippen LogP contribution in [0.3, 0.4) is 0 Å². The smallest absolute Gasteiger partial charge is 0.162 e. The Bertz CT molecular complexity index is 1210. The molecule has 1 saturated heterocycles. The van der Waals surface area contributed by atoms with Gasteiger partial charge in [0.2, 0.25) is 0 Å². The summed E-state index contributed by atoms with van der Waals surface area (Å²) < 4.78 is 7.56. The second kappa shape index (κ2) is 10.2. The first kappa shape index (κ1) is 24.8. The van der Waals surface area contributed by atoms with Crippen molar-refractivity contribution in [1.29, 1.82) is 0 Å². The molecule has 0 saturated carbocycles. The van der Waals surface area contributed by atoms with Gasteiger partial charge in [-0.15, -0.1) is 0 Å². The monoisotopic (exact) mass is 488 g/mol. The van der Waals surface area contributed by atoms with Crippen LogP contribution >= 0.6 is 0 Å². The largest absolute Gasteiger partial charge is 0.384 e. The number of methoxy groups -OCH3 is 1. The number of piperidine rings is 1. The van der Waals surface area contributed by atoms with E-state index in [4.69, 9.17) is 19.8 Å². The van der Waals surface area contributed by atoms with Crippen molar-refractivity contribution in [3.8, 4) is 11.4 Å². The van der Waals surface area contributed by atoms with Gasteiger partial charge in [0, 0.05) is 64.0 Å². The molecule has 1 fully saturated rings. The first-order valence-corrected chi connectivity index (χ1v) is 13.3. The zero-order chi connectivity index (χ0) is 25.4. The zero-order valence-corrected chi connectivity index (χ0v) is 22.7. The Morgan fingerprint density at radius 1 is 1.08 bits per heavy atom. The maximum atomic E-state index is 5.53. The predicted octanol–water partition coefficient (Wildman–Crippen LogP) is 5.04. The third kappa shape index (κ3) is 4.73. The molecule has 0 aliphatic carbocycles. The maximum Gasteiger partial charge on any atom is 0.162 e. The molecule has 4 heterocycles. The van der Waals surface area contributed by atoms with E-state index >= 15 is 0 Å². The van der Waals surface area contributed by atoms with Crippen molar-refractivity contribution in [1.82, 2.24) is 19.7 Å². The normalized spacial score (nSPS) is 18.1. The Labute approximate surface area is 215 Å². The van der Waals surface area contributed by atoms with E-state index in [1.165, 1.54) is 40.2 Å². The van der Waals surface area contributed by atoms with E-state index in [0.29, 0.717) is 11.8 Å². The molecule has 7 nitrogen and oxygen atoms in total. The standard InChI is InChI=1S/C29H40N6O/c1-19(2)25-15-26(33(5)32-25)34-14-12-24-23(17-34)29(35-13-8-11-22(16-35)18-36-6)31-28(30-24)27-20(3)9-7-10-21(27)4/h7,9-10,15,19,22H,8,11-14,16-18H2,1-6H3. The minimum Gasteiger partial charge on any atom is -0.384 e. The van der Waals surface area contributed by atoms with Gasteiger partial charge in [-0.2, -0.15) is 5.10 Å². The van der Waals surface area contributed by atoms with Crippen molar-refractivity contribution in [2.75, 3.05) is 43.2 Å². The fourth-order valence-corrected chi connectivity index (χ4v) is 5.82. The highest BCUT2D eigenvalue weighted by Gasteiger charge is 2.30. The number of fused-ring (bicyclic) bond motifs is 1. The summed E-state index contributed by atoms with van der Waals surface area (Å²) in [5, 5.41) is 4.78. The second-order valence-corrected chi connectivity index (χ2v) is 10.8. The molecule has 36 heavy (non-hydrogen) atoms. The van der Waals surface area contributed by atoms with Crippen molar-refractivity contribution in [3.05, 3.63) is 52.3 Å². The topological polar surface area (TPSA) is 59.3 Å². The van der Waals surface area contributed by atoms with Gasteiger partial charge in [0.05, 0.1) is 18.0 Å². The number of anilines is 2. The lowest BCUT2D eigenvalue weighted by Gasteiger charge is -2.37. The summed E-state index contributed by atoms with van der Waals surface area (Å²) in [6, 6.07) is 8.69. The van der Waals surface area contributed by atoms with Crippen LogP contribution in [0, 0.1) is 19.8 Å². The van der Waals surface area contributed by atoms with Crippen LogP contribution in [0.5, 0.6) is 0 Å². The third-order valence-corrected chi connectivity index (χ3v) is 7.75. The molecular weight excluding hydrogens is 448 g/mol. The Hall–Kier alpha value is -2.93. The average Bonchev–Trinajstić information content (AvgIpc) is 3.25. The van der Waals surface area contributed by atoms with E-state index in [0.717, 1.165) is 63.0 Å². The van der Waals surface area contributed by atoms with Crippen LogP contribution < -0.4 is 9.80 Å². The van der Waals surface area contributed by atoms with Gasteiger partial charge in [0.15, 0.2) is 5.82 Å². The average molecular weight is 489 g/mol. The van der Waals surface area contributed by atoms with E-state index < -0.39 is 0 Å². The first-order chi connectivity index (χ1) is 17.4. The predicted molar refractivity (Wildman–Crippen MR) is 146 cm³/mol. The van der Waals surface area contributed by atoms with Gasteiger partial charge in [0.1, 0.15) is 11.6 Å². The minimum atomic E-state index is 0.409. The number of benzene rings is 1. The number of hydrogen-bond acceptors (Lipinski definition) is 6. The molecule has 0 spiro atoms. The van der Waals surface area contributed by atoms with Crippen molar-refractivity contribution in [2.45, 2.75) is 59.4 Å². The molecule has 7 heteroatoms. The van der Waals surface area contributed by atoms with E-state index in [9.17, 15) is 0 Å². The third-order valence-electron chi connectivity index (χ3n) is 7.75. The summed E-state index contributed by atoms with van der Waals surface area (Å²) in [5.74, 6) is 4.08. The Morgan fingerprint density at radius 2 is 1.86 bits per heavy atom. The van der Waals surface area contributed by atoms with E-state index in [-0.39, 0.29) is 0 Å². The van der Waals surface area contributed by atoms with Gasteiger partial charge >= 0.3 is 0 Å². The van der Waals surface area contributed by atoms with Gasteiger partial charge < -0.3 is 14.5 Å². The molecule has 2 aliphatic heterocycles. The summed E-state index contributed by atoms with van der Waals surface area (Å²) in [5.41, 5.74) is 7.22. The van der Waals surface area contributed by atoms with Gasteiger partial charge in [-0.05, 0) is 49.7 Å². The Morgan fingerprint density at radius 3 is 2.56 bits per heavy atom. The SMILES string of the molecule is COCC1CCCN(c2nc(-c3c(C)cccc3C)nc3c2CN(c2cc(C(C)C)nn2C)CC3)C1. The quantitative estimate of drug-likeness (QED) is 0.484. The van der Waals surface area contributed by atoms with E-state index in [1.807, 2.05) is 11.8 Å². The van der Waals surface area contributed by atoms with E-state index in [1.54, 1.807) is 0 Å². The Balaban J connectivity index is 1.58. The van der Waals surface area contributed by atoms with Crippen molar-refractivity contribution in [2.24, 2.45) is 13.0 Å². The van der Waals surface area contributed by atoms with Crippen LogP contribution in [0.15, 0.2) is 24.3 Å². The van der Waals surface area contributed by atoms with Crippen LogP contribution in [-0.2, 0) is 24.8 Å². The number of hydrogen-bond donors (Lipinski definition) is 0. The second-order valence-electron chi connectivity index (χ2n) is 10.8. The molecule has 1 atom stereocenters. The number of rotatable bonds is 6. The fourth-order valence-electron chi connectivity index (χ4n) is 5.82. The summed E-state index contributed by atoms with van der Waals surface area (Å²) in [7, 11) is 3.86. The number of ether oxygens (including phenoxy) is 1. The van der Waals surface area contributed by atoms with Gasteiger partial charge in [0.25, 0.3) is 0 Å². The molecule has 0 amide bonds. The van der Waals surface area contributed by atoms with Crippen LogP contribution in [-0.4, -0.2) is 53.1 Å². The summed E-state index contributed by atoms with van der Waals surface area (Å²) in [4.78, 5) is 15.4. The number of aromatic nitrogens is 4. The van der Waals surface area contributed by atoms with Gasteiger partial charge in [-0.25, -0.2) is 9.97 Å². The molecule has 5 rings (SSSR count). The zero-order valence-electron chi connectivity index (χ0n) is 22.7. The van der Waals surface area contributed by atoms with Crippen LogP contribution in [0.4, 0.5) is 11.6 Å². The summed E-state index contributed by atoms with van der Waals surface area (Å²) in [6.07, 6.45) is 3.27. The minimum absolute atomic E-state index is 0.409. The molecule has 1 aromatic carbocycles. The van der Waals surface area contributed by atoms with Crippen molar-refractivity contribution >= 4 is 11.6 Å². The van der Waals surface area contributed by atoms with Crippen LogP contribution in [0.2, 0.25) is 0 Å². The van der Waals surface area contributed by atoms with Crippen LogP contribution in [0.1, 0.15) is 60.7 Å². The maximum absolute atomic E-state index is 5.53. The Kier molecular flexibility index (Phi) is 7.02. The highest BCUT2D eigenvalue weighted by molar-refractivity contribution is 5.68. The molecule has 1 unspecified atom stereocenters. The molecule has 0 radical (unpaired) electrons. The van der Waals surface area contributed by atoms with Crippen LogP contribution in [0.25, 0.3) is 11.4 Å². The fraction of sp³-hybridized carbons (Fsp3) is 0.552. The van der Waals surface area contributed by atoms with Gasteiger partial charge in [-0.3, -0.25) is 4.68 Å². The lowest BCUT2D eigenvalue weighted by molar-refractivity contribution is 0.143. The lowest BCUT2D eigenvalue weighted by Crippen LogP contribution is -2.40. The first-order valence-electron chi connectivity index (χ1n) is 13.3. The van der Waals surface area contributed by atoms with E-state index in [2.05, 4.69) is 68.8 Å². The van der Waals surface area contributed by atoms with Crippen molar-refractivity contribution < 1.29 is 4.74 Å². The molecule has 0 N–H and O–H groups in total. The summed E-state index contributed by atoms with van der Waals surface area (Å²) >= 11 is 0. The van der Waals surface area contributed by atoms with Gasteiger partial charge in [-0.1, -0.05) is 32.0 Å². The number of nitrogens with zero attached hydrogens (tertiary/aromatic N) is 6. The summed E-state index contributed by atoms with van der Waals surface area (Å²) in [6.45, 7) is 13.3. The molecule has 2 aliphatic rings. The number of aryl methyl sites for hydroxylation is 3. The lowest BCUT2D eigenvalue weighted by atomic mass is 9.97. The molecular formula is C29H40N6O. The highest BCUT2D eigenvalue weighted by Crippen LogP contribution is 2.35. The highest BCUT2D eigenvalue weighted by atomic mass is 16.5. The molecule has 192 valence electrons. The van der Waals surface area contributed by atoms with Crippen molar-refractivity contribution in [3.63, 3.8) is 0 Å². The molecule has 0 bridgehead atoms.